The molecule has 3 N–H and O–H groups in total. The number of ether oxygens (including phenoxy) is 1. The van der Waals surface area contributed by atoms with Crippen LogP contribution in [-0.4, -0.2) is 55.7 Å². The van der Waals surface area contributed by atoms with Gasteiger partial charge in [-0.15, -0.1) is 13.2 Å². The number of sulfone groups is 1. The van der Waals surface area contributed by atoms with E-state index in [0.717, 1.165) is 29.7 Å². The highest BCUT2D eigenvalue weighted by atomic mass is 32.2. The number of nitrogens with two attached hydrogens (primary N) is 1. The van der Waals surface area contributed by atoms with Gasteiger partial charge >= 0.3 is 0 Å². The summed E-state index contributed by atoms with van der Waals surface area (Å²) in [5, 5.41) is 9.75. The summed E-state index contributed by atoms with van der Waals surface area (Å²) in [6, 6.07) is 13.4. The van der Waals surface area contributed by atoms with Crippen molar-refractivity contribution in [1.29, 1.82) is 0 Å². The minimum atomic E-state index is -3.59. The summed E-state index contributed by atoms with van der Waals surface area (Å²) in [7, 11) is -3.59. The third-order valence-corrected chi connectivity index (χ3v) is 13.7. The molecule has 2 aliphatic carbocycles. The predicted molar refractivity (Wildman–Crippen MR) is 172 cm³/mol. The average Bonchev–Trinajstić information content (AvgIpc) is 3.16. The summed E-state index contributed by atoms with van der Waals surface area (Å²) in [6.07, 6.45) is 7.46. The minimum Gasteiger partial charge on any atom is -0.490 e. The van der Waals surface area contributed by atoms with Gasteiger partial charge in [-0.25, -0.2) is 8.42 Å². The lowest BCUT2D eigenvalue weighted by atomic mass is 9.58. The van der Waals surface area contributed by atoms with Gasteiger partial charge in [0, 0.05) is 24.1 Å². The molecule has 0 bridgehead atoms. The number of aryl methyl sites for hydroxylation is 1. The summed E-state index contributed by atoms with van der Waals surface area (Å²) in [5.41, 5.74) is 7.78. The van der Waals surface area contributed by atoms with Crippen LogP contribution in [0.5, 0.6) is 5.75 Å². The Hall–Kier alpha value is -3.10. The van der Waals surface area contributed by atoms with E-state index in [4.69, 9.17) is 10.5 Å². The molecule has 3 aliphatic rings. The maximum Gasteiger partial charge on any atom is 0.248 e. The van der Waals surface area contributed by atoms with Gasteiger partial charge in [-0.2, -0.15) is 0 Å². The minimum absolute atomic E-state index is 0.130. The molecule has 1 saturated carbocycles. The molecule has 43 heavy (non-hydrogen) atoms. The Morgan fingerprint density at radius 3 is 2.65 bits per heavy atom. The number of aliphatic hydroxyl groups is 1. The normalized spacial score (nSPS) is 27.9. The Kier molecular flexibility index (Phi) is 8.83. The first-order valence-corrected chi connectivity index (χ1v) is 17.2. The van der Waals surface area contributed by atoms with Crippen LogP contribution in [0.25, 0.3) is 0 Å². The van der Waals surface area contributed by atoms with Gasteiger partial charge < -0.3 is 20.5 Å². The van der Waals surface area contributed by atoms with Crippen LogP contribution in [0.3, 0.4) is 0 Å². The van der Waals surface area contributed by atoms with Crippen molar-refractivity contribution in [2.24, 2.45) is 17.1 Å². The lowest BCUT2D eigenvalue weighted by molar-refractivity contribution is -0.0466. The van der Waals surface area contributed by atoms with Crippen LogP contribution >= 0.6 is 0 Å². The third-order valence-electron chi connectivity index (χ3n) is 10.7. The van der Waals surface area contributed by atoms with Crippen LogP contribution < -0.4 is 15.4 Å². The van der Waals surface area contributed by atoms with E-state index in [1.807, 2.05) is 19.1 Å². The summed E-state index contributed by atoms with van der Waals surface area (Å²) in [4.78, 5) is 14.5. The molecule has 2 aromatic carbocycles. The second kappa shape index (κ2) is 12.1. The van der Waals surface area contributed by atoms with E-state index >= 15 is 0 Å². The largest absolute Gasteiger partial charge is 0.490 e. The summed E-state index contributed by atoms with van der Waals surface area (Å²) >= 11 is 0. The SMILES string of the molecule is C=CCC[C@@H](CC)S(=O)(=O)C1CCc2ccccc2C12COc1ccc(C(N)=O)cc1N(C[C@H]1CC[C@]1(C)[C@H](O)C=C)C2. The van der Waals surface area contributed by atoms with Crippen molar-refractivity contribution < 1.29 is 23.1 Å². The molecule has 8 heteroatoms. The van der Waals surface area contributed by atoms with Crippen molar-refractivity contribution in [3.8, 4) is 5.75 Å². The van der Waals surface area contributed by atoms with Gasteiger partial charge in [0.05, 0.1) is 27.7 Å². The Balaban J connectivity index is 1.66. The van der Waals surface area contributed by atoms with Crippen LogP contribution in [0.4, 0.5) is 5.69 Å². The van der Waals surface area contributed by atoms with E-state index in [-0.39, 0.29) is 17.9 Å². The van der Waals surface area contributed by atoms with Gasteiger partial charge in [-0.3, -0.25) is 4.79 Å². The quantitative estimate of drug-likeness (QED) is 0.334. The van der Waals surface area contributed by atoms with Crippen LogP contribution in [-0.2, 0) is 21.7 Å². The highest BCUT2D eigenvalue weighted by molar-refractivity contribution is 7.92. The van der Waals surface area contributed by atoms with Crippen molar-refractivity contribution in [2.45, 2.75) is 80.8 Å². The highest BCUT2D eigenvalue weighted by Crippen LogP contribution is 2.52. The van der Waals surface area contributed by atoms with E-state index in [2.05, 4.69) is 37.1 Å². The Bertz CT molecular complexity index is 1490. The molecule has 1 amide bonds. The molecule has 0 aromatic heterocycles. The molecule has 0 saturated heterocycles. The molecule has 5 rings (SSSR count). The molecule has 1 fully saturated rings. The van der Waals surface area contributed by atoms with Crippen molar-refractivity contribution in [1.82, 2.24) is 0 Å². The fourth-order valence-electron chi connectivity index (χ4n) is 7.84. The number of hydrogen-bond acceptors (Lipinski definition) is 6. The number of carbonyl (C=O) groups is 1. The molecule has 1 heterocycles. The first kappa shape index (κ1) is 31.3. The third kappa shape index (κ3) is 5.42. The molecule has 2 unspecified atom stereocenters. The van der Waals surface area contributed by atoms with E-state index in [1.54, 1.807) is 30.4 Å². The molecule has 7 nitrogen and oxygen atoms in total. The van der Waals surface area contributed by atoms with Crippen LogP contribution in [0.15, 0.2) is 67.8 Å². The standard InChI is InChI=1S/C35H46N2O5S/c1-5-8-12-27(6-2)43(40,41)32-17-15-24-11-9-10-13-28(24)35(32)22-37(21-26-18-19-34(26,4)31(38)7-3)29-20-25(33(36)39)14-16-30(29)42-23-35/h5,7,9-11,13-14,16,20,26-27,31-32,38H,1,3,6,8,12,15,17-19,21-23H2,2,4H3,(H2,36,39)/t26-,27-,31-,32?,34+,35?/m1/s1. The van der Waals surface area contributed by atoms with Crippen LogP contribution in [0, 0.1) is 11.3 Å². The molecular weight excluding hydrogens is 560 g/mol. The Morgan fingerprint density at radius 1 is 1.23 bits per heavy atom. The number of aliphatic hydroxyl groups excluding tert-OH is 1. The molecule has 6 atom stereocenters. The number of benzene rings is 2. The molecule has 1 aliphatic heterocycles. The van der Waals surface area contributed by atoms with E-state index in [9.17, 15) is 18.3 Å². The lowest BCUT2D eigenvalue weighted by Crippen LogP contribution is -2.59. The molecule has 1 spiro atoms. The number of anilines is 1. The van der Waals surface area contributed by atoms with Crippen molar-refractivity contribution in [3.63, 3.8) is 0 Å². The van der Waals surface area contributed by atoms with Crippen molar-refractivity contribution in [3.05, 3.63) is 84.5 Å². The van der Waals surface area contributed by atoms with Crippen molar-refractivity contribution in [2.75, 3.05) is 24.6 Å². The van der Waals surface area contributed by atoms with Gasteiger partial charge in [0.1, 0.15) is 12.4 Å². The summed E-state index contributed by atoms with van der Waals surface area (Å²) in [5.74, 6) is 0.199. The number of nitrogens with zero attached hydrogens (tertiary/aromatic N) is 1. The van der Waals surface area contributed by atoms with Gasteiger partial charge in [0.15, 0.2) is 9.84 Å². The molecule has 0 radical (unpaired) electrons. The zero-order chi connectivity index (χ0) is 31.0. The van der Waals surface area contributed by atoms with Crippen molar-refractivity contribution >= 4 is 21.4 Å². The molecular formula is C35H46N2O5S. The second-order valence-corrected chi connectivity index (χ2v) is 15.4. The van der Waals surface area contributed by atoms with Gasteiger partial charge in [0.2, 0.25) is 5.91 Å². The van der Waals surface area contributed by atoms with E-state index < -0.39 is 37.8 Å². The van der Waals surface area contributed by atoms with Gasteiger partial charge in [-0.05, 0) is 80.2 Å². The number of hydrogen-bond donors (Lipinski definition) is 2. The zero-order valence-corrected chi connectivity index (χ0v) is 26.3. The average molecular weight is 607 g/mol. The highest BCUT2D eigenvalue weighted by Gasteiger charge is 2.55. The fraction of sp³-hybridized carbons (Fsp3) is 0.514. The maximum absolute atomic E-state index is 14.6. The molecule has 232 valence electrons. The lowest BCUT2D eigenvalue weighted by Gasteiger charge is -2.52. The van der Waals surface area contributed by atoms with Crippen LogP contribution in [0.1, 0.15) is 73.9 Å². The number of rotatable bonds is 11. The van der Waals surface area contributed by atoms with Gasteiger partial charge in [0.25, 0.3) is 0 Å². The van der Waals surface area contributed by atoms with E-state index in [0.29, 0.717) is 56.5 Å². The Labute approximate surface area is 256 Å². The Morgan fingerprint density at radius 2 is 2.00 bits per heavy atom. The zero-order valence-electron chi connectivity index (χ0n) is 25.5. The number of allylic oxidation sites excluding steroid dienone is 1. The summed E-state index contributed by atoms with van der Waals surface area (Å²) < 4.78 is 35.9. The summed E-state index contributed by atoms with van der Waals surface area (Å²) in [6.45, 7) is 12.9. The van der Waals surface area contributed by atoms with E-state index in [1.165, 1.54) is 0 Å². The predicted octanol–water partition coefficient (Wildman–Crippen LogP) is 5.36. The topological polar surface area (TPSA) is 110 Å². The number of amides is 1. The van der Waals surface area contributed by atoms with Crippen LogP contribution in [0.2, 0.25) is 0 Å². The fourth-order valence-corrected chi connectivity index (χ4v) is 10.6. The maximum atomic E-state index is 14.6. The van der Waals surface area contributed by atoms with Gasteiger partial charge in [-0.1, -0.05) is 50.3 Å². The monoisotopic (exact) mass is 606 g/mol. The number of primary amides is 1. The number of carbonyl (C=O) groups excluding carboxylic acids is 1. The molecule has 2 aromatic rings. The smallest absolute Gasteiger partial charge is 0.248 e. The first-order valence-electron chi connectivity index (χ1n) is 15.6. The second-order valence-electron chi connectivity index (χ2n) is 13.0. The number of fused-ring (bicyclic) bond motifs is 3. The first-order chi connectivity index (χ1) is 20.5.